The Labute approximate surface area is 174 Å². The lowest BCUT2D eigenvalue weighted by atomic mass is 10.0. The zero-order chi connectivity index (χ0) is 21.3. The summed E-state index contributed by atoms with van der Waals surface area (Å²) in [5, 5.41) is 1.63. The second kappa shape index (κ2) is 7.91. The van der Waals surface area contributed by atoms with Crippen molar-refractivity contribution in [1.29, 1.82) is 0 Å². The van der Waals surface area contributed by atoms with E-state index in [4.69, 9.17) is 9.47 Å². The van der Waals surface area contributed by atoms with Gasteiger partial charge in [-0.25, -0.2) is 0 Å². The fourth-order valence-corrected chi connectivity index (χ4v) is 3.64. The summed E-state index contributed by atoms with van der Waals surface area (Å²) in [5.41, 5.74) is 2.46. The first kappa shape index (κ1) is 19.5. The van der Waals surface area contributed by atoms with Crippen LogP contribution in [0.3, 0.4) is 0 Å². The molecule has 0 bridgehead atoms. The van der Waals surface area contributed by atoms with Crippen molar-refractivity contribution in [2.75, 3.05) is 26.1 Å². The van der Waals surface area contributed by atoms with Gasteiger partial charge in [0.2, 0.25) is 0 Å². The van der Waals surface area contributed by atoms with E-state index in [0.717, 1.165) is 27.8 Å². The molecule has 6 heteroatoms. The Hall–Kier alpha value is -3.80. The highest BCUT2D eigenvalue weighted by Gasteiger charge is 2.30. The van der Waals surface area contributed by atoms with E-state index in [9.17, 15) is 9.59 Å². The van der Waals surface area contributed by atoms with Gasteiger partial charge < -0.3 is 19.3 Å². The predicted molar refractivity (Wildman–Crippen MR) is 116 cm³/mol. The van der Waals surface area contributed by atoms with Gasteiger partial charge in [0.05, 0.1) is 19.3 Å². The van der Waals surface area contributed by atoms with Gasteiger partial charge in [0.1, 0.15) is 11.5 Å². The molecule has 1 aliphatic heterocycles. The minimum absolute atomic E-state index is 0.0528. The average Bonchev–Trinajstić information content (AvgIpc) is 3.02. The third-order valence-electron chi connectivity index (χ3n) is 4.97. The second-order valence-electron chi connectivity index (χ2n) is 7.27. The number of carbonyl (C=O) groups excluding carboxylic acids is 2. The lowest BCUT2D eigenvalue weighted by Crippen LogP contribution is -2.25. The number of carbonyl (C=O) groups is 2. The SMILES string of the molecule is COc1ccc(CN2C(=O)c3cccc4c(O/C(C=O)=C\N(C)C)ccc2c34)cc1. The molecular weight excluding hydrogens is 380 g/mol. The van der Waals surface area contributed by atoms with Crippen molar-refractivity contribution >= 4 is 28.7 Å². The Bertz CT molecular complexity index is 1150. The molecule has 0 unspecified atom stereocenters. The monoisotopic (exact) mass is 402 g/mol. The first-order valence-corrected chi connectivity index (χ1v) is 9.53. The molecule has 1 amide bonds. The van der Waals surface area contributed by atoms with E-state index in [2.05, 4.69) is 0 Å². The lowest BCUT2D eigenvalue weighted by Gasteiger charge is -2.18. The number of hydrogen-bond acceptors (Lipinski definition) is 5. The van der Waals surface area contributed by atoms with E-state index in [0.29, 0.717) is 24.1 Å². The van der Waals surface area contributed by atoms with Gasteiger partial charge in [-0.1, -0.05) is 24.3 Å². The van der Waals surface area contributed by atoms with Crippen LogP contribution in [0.1, 0.15) is 15.9 Å². The number of allylic oxidation sites excluding steroid dienone is 1. The van der Waals surface area contributed by atoms with Crippen LogP contribution in [0.5, 0.6) is 11.5 Å². The molecule has 1 heterocycles. The van der Waals surface area contributed by atoms with Gasteiger partial charge in [-0.15, -0.1) is 0 Å². The van der Waals surface area contributed by atoms with E-state index in [1.165, 1.54) is 0 Å². The third-order valence-corrected chi connectivity index (χ3v) is 4.97. The number of ether oxygens (including phenoxy) is 2. The fraction of sp³-hybridized carbons (Fsp3) is 0.167. The molecular formula is C24H22N2O4. The number of nitrogens with zero attached hydrogens (tertiary/aromatic N) is 2. The van der Waals surface area contributed by atoms with Crippen molar-refractivity contribution in [3.8, 4) is 11.5 Å². The van der Waals surface area contributed by atoms with Crippen LogP contribution in [0, 0.1) is 0 Å². The van der Waals surface area contributed by atoms with E-state index < -0.39 is 0 Å². The van der Waals surface area contributed by atoms with Gasteiger partial charge in [0.15, 0.2) is 12.0 Å². The Morgan fingerprint density at radius 1 is 1.07 bits per heavy atom. The molecule has 0 aliphatic carbocycles. The quantitative estimate of drug-likeness (QED) is 0.340. The number of hydrogen-bond donors (Lipinski definition) is 0. The van der Waals surface area contributed by atoms with Crippen LogP contribution >= 0.6 is 0 Å². The van der Waals surface area contributed by atoms with Crippen molar-refractivity contribution in [3.63, 3.8) is 0 Å². The van der Waals surface area contributed by atoms with Crippen LogP contribution in [0.25, 0.3) is 10.8 Å². The summed E-state index contributed by atoms with van der Waals surface area (Å²) in [6.07, 6.45) is 2.28. The number of aldehydes is 1. The summed E-state index contributed by atoms with van der Waals surface area (Å²) in [4.78, 5) is 28.0. The molecule has 0 radical (unpaired) electrons. The number of anilines is 1. The molecule has 0 aromatic heterocycles. The molecule has 3 aromatic rings. The molecule has 30 heavy (non-hydrogen) atoms. The molecule has 0 spiro atoms. The second-order valence-corrected chi connectivity index (χ2v) is 7.27. The first-order valence-electron chi connectivity index (χ1n) is 9.53. The van der Waals surface area contributed by atoms with E-state index in [-0.39, 0.29) is 11.7 Å². The maximum Gasteiger partial charge on any atom is 0.259 e. The van der Waals surface area contributed by atoms with Gasteiger partial charge in [-0.3, -0.25) is 9.59 Å². The molecule has 6 nitrogen and oxygen atoms in total. The van der Waals surface area contributed by atoms with E-state index >= 15 is 0 Å². The van der Waals surface area contributed by atoms with Gasteiger partial charge in [0, 0.05) is 36.6 Å². The summed E-state index contributed by atoms with van der Waals surface area (Å²) >= 11 is 0. The fourth-order valence-electron chi connectivity index (χ4n) is 3.64. The standard InChI is InChI=1S/C24H22N2O4/c1-25(2)14-18(15-27)30-22-12-11-21-23-19(22)5-4-6-20(23)24(28)26(21)13-16-7-9-17(29-3)10-8-16/h4-12,14-15H,13H2,1-3H3/b18-14-. The molecule has 152 valence electrons. The van der Waals surface area contributed by atoms with Crippen LogP contribution in [-0.4, -0.2) is 38.3 Å². The summed E-state index contributed by atoms with van der Waals surface area (Å²) in [6, 6.07) is 16.9. The number of benzene rings is 3. The van der Waals surface area contributed by atoms with Gasteiger partial charge in [-0.2, -0.15) is 0 Å². The van der Waals surface area contributed by atoms with Crippen molar-refractivity contribution in [2.24, 2.45) is 0 Å². The molecule has 0 saturated carbocycles. The summed E-state index contributed by atoms with van der Waals surface area (Å²) < 4.78 is 11.1. The van der Waals surface area contributed by atoms with Gasteiger partial charge in [0.25, 0.3) is 5.91 Å². The van der Waals surface area contributed by atoms with Crippen LogP contribution < -0.4 is 14.4 Å². The molecule has 3 aromatic carbocycles. The smallest absolute Gasteiger partial charge is 0.259 e. The normalized spacial score (nSPS) is 13.0. The predicted octanol–water partition coefficient (Wildman–Crippen LogP) is 3.99. The van der Waals surface area contributed by atoms with Crippen molar-refractivity contribution in [1.82, 2.24) is 4.90 Å². The molecule has 4 rings (SSSR count). The van der Waals surface area contributed by atoms with Crippen LogP contribution in [0.4, 0.5) is 5.69 Å². The number of methoxy groups -OCH3 is 1. The van der Waals surface area contributed by atoms with Gasteiger partial charge >= 0.3 is 0 Å². The number of rotatable bonds is 7. The summed E-state index contributed by atoms with van der Waals surface area (Å²) in [5.74, 6) is 1.45. The van der Waals surface area contributed by atoms with Crippen molar-refractivity contribution in [3.05, 3.63) is 77.7 Å². The molecule has 0 N–H and O–H groups in total. The summed E-state index contributed by atoms with van der Waals surface area (Å²) in [6.45, 7) is 0.451. The highest BCUT2D eigenvalue weighted by Crippen LogP contribution is 2.42. The third kappa shape index (κ3) is 3.48. The van der Waals surface area contributed by atoms with Crippen LogP contribution in [-0.2, 0) is 11.3 Å². The van der Waals surface area contributed by atoms with E-state index in [1.54, 1.807) is 29.2 Å². The van der Waals surface area contributed by atoms with Gasteiger partial charge in [-0.05, 0) is 35.9 Å². The Morgan fingerprint density at radius 3 is 2.50 bits per heavy atom. The molecule has 0 atom stereocenters. The van der Waals surface area contributed by atoms with Crippen molar-refractivity contribution < 1.29 is 19.1 Å². The van der Waals surface area contributed by atoms with Crippen LogP contribution in [0.2, 0.25) is 0 Å². The highest BCUT2D eigenvalue weighted by molar-refractivity contribution is 6.25. The highest BCUT2D eigenvalue weighted by atomic mass is 16.5. The Morgan fingerprint density at radius 2 is 1.83 bits per heavy atom. The largest absolute Gasteiger partial charge is 0.497 e. The summed E-state index contributed by atoms with van der Waals surface area (Å²) in [7, 11) is 5.26. The van der Waals surface area contributed by atoms with Crippen molar-refractivity contribution in [2.45, 2.75) is 6.54 Å². The molecule has 0 fully saturated rings. The zero-order valence-corrected chi connectivity index (χ0v) is 17.1. The van der Waals surface area contributed by atoms with Crippen LogP contribution in [0.15, 0.2) is 66.6 Å². The van der Waals surface area contributed by atoms with E-state index in [1.807, 2.05) is 62.6 Å². The Kier molecular flexibility index (Phi) is 5.14. The first-order chi connectivity index (χ1) is 14.5. The number of amides is 1. The Balaban J connectivity index is 1.73. The average molecular weight is 402 g/mol. The topological polar surface area (TPSA) is 59.1 Å². The maximum absolute atomic E-state index is 13.1. The maximum atomic E-state index is 13.1. The zero-order valence-electron chi connectivity index (χ0n) is 17.1. The molecule has 0 saturated heterocycles. The minimum Gasteiger partial charge on any atom is -0.497 e. The lowest BCUT2D eigenvalue weighted by molar-refractivity contribution is -0.106. The minimum atomic E-state index is -0.0528. The molecule has 1 aliphatic rings.